The maximum atomic E-state index is 12.9. The molecule has 1 aliphatic heterocycles. The van der Waals surface area contributed by atoms with Crippen LogP contribution in [0, 0.1) is 5.92 Å². The number of amides is 1. The van der Waals surface area contributed by atoms with E-state index < -0.39 is 0 Å². The number of hydrogen-bond donors (Lipinski definition) is 0. The molecule has 1 atom stereocenters. The van der Waals surface area contributed by atoms with Gasteiger partial charge in [-0.25, -0.2) is 14.6 Å². The number of rotatable bonds is 6. The number of fused-ring (bicyclic) bond motifs is 1. The monoisotopic (exact) mass is 408 g/mol. The van der Waals surface area contributed by atoms with Crippen LogP contribution < -0.4 is 9.64 Å². The molecule has 1 saturated heterocycles. The topological polar surface area (TPSA) is 76.4 Å². The Bertz CT molecular complexity index is 1010. The highest BCUT2D eigenvalue weighted by Gasteiger charge is 2.30. The summed E-state index contributed by atoms with van der Waals surface area (Å²) in [6, 6.07) is 7.71. The lowest BCUT2D eigenvalue weighted by Crippen LogP contribution is -2.45. The molecule has 30 heavy (non-hydrogen) atoms. The molecular weight excluding hydrogens is 380 g/mol. The summed E-state index contributed by atoms with van der Waals surface area (Å²) in [6.07, 6.45) is 5.28. The van der Waals surface area contributed by atoms with E-state index >= 15 is 0 Å². The van der Waals surface area contributed by atoms with Gasteiger partial charge in [0.2, 0.25) is 5.91 Å². The zero-order valence-electron chi connectivity index (χ0n) is 17.8. The van der Waals surface area contributed by atoms with Crippen molar-refractivity contribution in [2.75, 3.05) is 38.2 Å². The largest absolute Gasteiger partial charge is 0.497 e. The van der Waals surface area contributed by atoms with Crippen LogP contribution in [0.2, 0.25) is 0 Å². The Labute approximate surface area is 176 Å². The van der Waals surface area contributed by atoms with Crippen LogP contribution in [0.5, 0.6) is 5.75 Å². The van der Waals surface area contributed by atoms with Gasteiger partial charge < -0.3 is 14.5 Å². The van der Waals surface area contributed by atoms with Crippen LogP contribution in [0.15, 0.2) is 36.8 Å². The molecule has 8 nitrogen and oxygen atoms in total. The number of aromatic nitrogens is 4. The minimum atomic E-state index is 0.000276. The second-order valence-electron chi connectivity index (χ2n) is 7.48. The standard InChI is InChI=1S/C22H28N6O2/c1-4-26(5-2)22(29)16-7-6-12-27(14-16)20-19-13-25-28(21(19)24-15-23-20)17-8-10-18(30-3)11-9-17/h8-11,13,15-16H,4-7,12,14H2,1-3H3/t16-/m1/s1. The molecule has 3 heterocycles. The van der Waals surface area contributed by atoms with E-state index in [0.717, 1.165) is 60.8 Å². The quantitative estimate of drug-likeness (QED) is 0.624. The maximum absolute atomic E-state index is 12.9. The van der Waals surface area contributed by atoms with Gasteiger partial charge in [0.25, 0.3) is 0 Å². The Kier molecular flexibility index (Phi) is 5.83. The van der Waals surface area contributed by atoms with E-state index in [0.29, 0.717) is 6.54 Å². The smallest absolute Gasteiger partial charge is 0.227 e. The van der Waals surface area contributed by atoms with Crippen molar-refractivity contribution < 1.29 is 9.53 Å². The molecule has 0 radical (unpaired) electrons. The van der Waals surface area contributed by atoms with E-state index in [2.05, 4.69) is 20.0 Å². The molecule has 3 aromatic rings. The number of carbonyl (C=O) groups is 1. The van der Waals surface area contributed by atoms with Gasteiger partial charge in [0.15, 0.2) is 5.65 Å². The average molecular weight is 409 g/mol. The van der Waals surface area contributed by atoms with E-state index in [4.69, 9.17) is 4.74 Å². The lowest BCUT2D eigenvalue weighted by Gasteiger charge is -2.35. The number of ether oxygens (including phenoxy) is 1. The fraction of sp³-hybridized carbons (Fsp3) is 0.455. The van der Waals surface area contributed by atoms with Crippen molar-refractivity contribution in [3.8, 4) is 11.4 Å². The van der Waals surface area contributed by atoms with Crippen molar-refractivity contribution in [3.63, 3.8) is 0 Å². The second-order valence-corrected chi connectivity index (χ2v) is 7.48. The molecule has 0 N–H and O–H groups in total. The summed E-state index contributed by atoms with van der Waals surface area (Å²) in [5.41, 5.74) is 1.66. The third kappa shape index (κ3) is 3.69. The van der Waals surface area contributed by atoms with Crippen LogP contribution in [0.3, 0.4) is 0 Å². The Morgan fingerprint density at radius 2 is 1.97 bits per heavy atom. The van der Waals surface area contributed by atoms with Gasteiger partial charge in [-0.05, 0) is 51.0 Å². The van der Waals surface area contributed by atoms with Crippen LogP contribution in [0.1, 0.15) is 26.7 Å². The van der Waals surface area contributed by atoms with Crippen molar-refractivity contribution in [3.05, 3.63) is 36.8 Å². The Morgan fingerprint density at radius 3 is 2.67 bits per heavy atom. The molecule has 1 fully saturated rings. The molecule has 158 valence electrons. The van der Waals surface area contributed by atoms with Gasteiger partial charge in [-0.2, -0.15) is 5.10 Å². The van der Waals surface area contributed by atoms with Crippen molar-refractivity contribution in [1.29, 1.82) is 0 Å². The minimum Gasteiger partial charge on any atom is -0.497 e. The number of nitrogens with zero attached hydrogens (tertiary/aromatic N) is 6. The first-order valence-electron chi connectivity index (χ1n) is 10.5. The van der Waals surface area contributed by atoms with Gasteiger partial charge in [-0.1, -0.05) is 0 Å². The van der Waals surface area contributed by atoms with Crippen LogP contribution in [-0.4, -0.2) is 63.8 Å². The first kappa shape index (κ1) is 20.1. The van der Waals surface area contributed by atoms with Crippen molar-refractivity contribution in [2.24, 2.45) is 5.92 Å². The third-order valence-corrected chi connectivity index (χ3v) is 5.81. The number of carbonyl (C=O) groups excluding carboxylic acids is 1. The van der Waals surface area contributed by atoms with E-state index in [9.17, 15) is 4.79 Å². The Hall–Kier alpha value is -3.16. The molecule has 1 amide bonds. The van der Waals surface area contributed by atoms with Gasteiger partial charge in [0.05, 0.1) is 30.3 Å². The first-order chi connectivity index (χ1) is 14.7. The summed E-state index contributed by atoms with van der Waals surface area (Å²) in [7, 11) is 1.65. The van der Waals surface area contributed by atoms with E-state index in [1.807, 2.05) is 53.9 Å². The normalized spacial score (nSPS) is 16.6. The van der Waals surface area contributed by atoms with Crippen LogP contribution >= 0.6 is 0 Å². The highest BCUT2D eigenvalue weighted by molar-refractivity contribution is 5.88. The summed E-state index contributed by atoms with van der Waals surface area (Å²) < 4.78 is 7.05. The van der Waals surface area contributed by atoms with Crippen LogP contribution in [-0.2, 0) is 4.79 Å². The third-order valence-electron chi connectivity index (χ3n) is 5.81. The predicted octanol–water partition coefficient (Wildman–Crippen LogP) is 2.91. The number of benzene rings is 1. The van der Waals surface area contributed by atoms with Gasteiger partial charge in [-0.15, -0.1) is 0 Å². The summed E-state index contributed by atoms with van der Waals surface area (Å²) >= 11 is 0. The lowest BCUT2D eigenvalue weighted by molar-refractivity contribution is -0.135. The summed E-state index contributed by atoms with van der Waals surface area (Å²) in [5.74, 6) is 1.88. The zero-order chi connectivity index (χ0) is 21.1. The molecule has 0 aliphatic carbocycles. The molecule has 8 heteroatoms. The zero-order valence-corrected chi connectivity index (χ0v) is 17.8. The molecule has 0 unspecified atom stereocenters. The summed E-state index contributed by atoms with van der Waals surface area (Å²) in [6.45, 7) is 7.11. The van der Waals surface area contributed by atoms with Crippen molar-refractivity contribution in [2.45, 2.75) is 26.7 Å². The van der Waals surface area contributed by atoms with Crippen LogP contribution in [0.25, 0.3) is 16.7 Å². The van der Waals surface area contributed by atoms with Crippen molar-refractivity contribution >= 4 is 22.8 Å². The highest BCUT2D eigenvalue weighted by Crippen LogP contribution is 2.29. The van der Waals surface area contributed by atoms with Gasteiger partial charge in [0, 0.05) is 26.2 Å². The fourth-order valence-electron chi connectivity index (χ4n) is 4.16. The average Bonchev–Trinajstić information content (AvgIpc) is 3.24. The SMILES string of the molecule is CCN(CC)C(=O)[C@@H]1CCCN(c2ncnc3c2cnn3-c2ccc(OC)cc2)C1. The predicted molar refractivity (Wildman–Crippen MR) is 116 cm³/mol. The summed E-state index contributed by atoms with van der Waals surface area (Å²) in [4.78, 5) is 26.1. The van der Waals surface area contributed by atoms with E-state index in [-0.39, 0.29) is 11.8 Å². The Morgan fingerprint density at radius 1 is 1.20 bits per heavy atom. The first-order valence-corrected chi connectivity index (χ1v) is 10.5. The molecule has 4 rings (SSSR count). The molecule has 0 saturated carbocycles. The Balaban J connectivity index is 1.63. The molecule has 0 bridgehead atoms. The van der Waals surface area contributed by atoms with Gasteiger partial charge in [0.1, 0.15) is 17.9 Å². The second kappa shape index (κ2) is 8.69. The lowest BCUT2D eigenvalue weighted by atomic mass is 9.96. The molecule has 1 aliphatic rings. The van der Waals surface area contributed by atoms with Crippen molar-refractivity contribution in [1.82, 2.24) is 24.6 Å². The molecule has 0 spiro atoms. The van der Waals surface area contributed by atoms with E-state index in [1.165, 1.54) is 0 Å². The maximum Gasteiger partial charge on any atom is 0.227 e. The summed E-state index contributed by atoms with van der Waals surface area (Å²) in [5, 5.41) is 5.45. The minimum absolute atomic E-state index is 0.000276. The molecular formula is C22H28N6O2. The number of hydrogen-bond acceptors (Lipinski definition) is 6. The van der Waals surface area contributed by atoms with Crippen LogP contribution in [0.4, 0.5) is 5.82 Å². The fourth-order valence-corrected chi connectivity index (χ4v) is 4.16. The number of piperidine rings is 1. The number of anilines is 1. The van der Waals surface area contributed by atoms with E-state index in [1.54, 1.807) is 13.4 Å². The molecule has 2 aromatic heterocycles. The van der Waals surface area contributed by atoms with Gasteiger partial charge >= 0.3 is 0 Å². The van der Waals surface area contributed by atoms with Gasteiger partial charge in [-0.3, -0.25) is 4.79 Å². The highest BCUT2D eigenvalue weighted by atomic mass is 16.5. The molecule has 1 aromatic carbocycles. The number of methoxy groups -OCH3 is 1.